The molecule has 0 bridgehead atoms. The van der Waals surface area contributed by atoms with Gasteiger partial charge in [0.1, 0.15) is 0 Å². The summed E-state index contributed by atoms with van der Waals surface area (Å²) in [5.74, 6) is 0. The molecule has 0 aromatic carbocycles. The van der Waals surface area contributed by atoms with Crippen LogP contribution in [0.25, 0.3) is 0 Å². The van der Waals surface area contributed by atoms with E-state index in [0.29, 0.717) is 5.54 Å². The smallest absolute Gasteiger partial charge is 0.0190 e. The molecule has 0 radical (unpaired) electrons. The van der Waals surface area contributed by atoms with Gasteiger partial charge in [0, 0.05) is 5.54 Å². The van der Waals surface area contributed by atoms with Gasteiger partial charge in [-0.15, -0.1) is 0 Å². The Bertz CT molecular complexity index is 101. The van der Waals surface area contributed by atoms with E-state index in [0.717, 1.165) is 13.0 Å². The summed E-state index contributed by atoms with van der Waals surface area (Å²) in [6.45, 7) is 0.820. The Morgan fingerprint density at radius 2 is 1.91 bits per heavy atom. The molecule has 0 amide bonds. The maximum atomic E-state index is 5.58. The summed E-state index contributed by atoms with van der Waals surface area (Å²) in [6.07, 6.45) is 7.95. The van der Waals surface area contributed by atoms with Crippen molar-refractivity contribution in [1.29, 1.82) is 0 Å². The van der Waals surface area contributed by atoms with Gasteiger partial charge in [-0.3, -0.25) is 0 Å². The molecule has 66 valence electrons. The standard InChI is InChI=1S/C9H20N2/c1-11-9(7-8-10)5-3-2-4-6-9/h11H,2-8,10H2,1H3. The fourth-order valence-electron chi connectivity index (χ4n) is 2.13. The molecule has 0 unspecified atom stereocenters. The maximum Gasteiger partial charge on any atom is 0.0190 e. The van der Waals surface area contributed by atoms with Gasteiger partial charge < -0.3 is 11.1 Å². The molecule has 1 rings (SSSR count). The van der Waals surface area contributed by atoms with Gasteiger partial charge in [-0.1, -0.05) is 19.3 Å². The Morgan fingerprint density at radius 3 is 2.36 bits per heavy atom. The van der Waals surface area contributed by atoms with Gasteiger partial charge in [-0.2, -0.15) is 0 Å². The number of rotatable bonds is 3. The molecule has 0 aromatic rings. The first-order valence-corrected chi connectivity index (χ1v) is 4.72. The summed E-state index contributed by atoms with van der Waals surface area (Å²) in [5.41, 5.74) is 5.98. The second kappa shape index (κ2) is 4.07. The molecule has 1 aliphatic rings. The average Bonchev–Trinajstić information content (AvgIpc) is 2.07. The van der Waals surface area contributed by atoms with Gasteiger partial charge in [-0.25, -0.2) is 0 Å². The number of nitrogens with two attached hydrogens (primary N) is 1. The lowest BCUT2D eigenvalue weighted by Crippen LogP contribution is -2.46. The predicted octanol–water partition coefficient (Wildman–Crippen LogP) is 1.26. The van der Waals surface area contributed by atoms with E-state index in [1.54, 1.807) is 0 Å². The average molecular weight is 156 g/mol. The van der Waals surface area contributed by atoms with E-state index in [9.17, 15) is 0 Å². The van der Waals surface area contributed by atoms with Crippen molar-refractivity contribution in [3.8, 4) is 0 Å². The van der Waals surface area contributed by atoms with Crippen LogP contribution >= 0.6 is 0 Å². The van der Waals surface area contributed by atoms with E-state index >= 15 is 0 Å². The molecule has 0 saturated heterocycles. The van der Waals surface area contributed by atoms with Crippen LogP contribution in [-0.4, -0.2) is 19.1 Å². The first kappa shape index (κ1) is 9.01. The van der Waals surface area contributed by atoms with Crippen molar-refractivity contribution >= 4 is 0 Å². The minimum absolute atomic E-state index is 0.396. The molecular formula is C9H20N2. The zero-order valence-electron chi connectivity index (χ0n) is 7.53. The van der Waals surface area contributed by atoms with Crippen molar-refractivity contribution in [1.82, 2.24) is 5.32 Å². The van der Waals surface area contributed by atoms with Gasteiger partial charge in [0.15, 0.2) is 0 Å². The van der Waals surface area contributed by atoms with Crippen LogP contribution in [0.2, 0.25) is 0 Å². The molecule has 0 heterocycles. The Morgan fingerprint density at radius 1 is 1.27 bits per heavy atom. The van der Waals surface area contributed by atoms with Crippen LogP contribution < -0.4 is 11.1 Å². The van der Waals surface area contributed by atoms with Gasteiger partial charge in [0.05, 0.1) is 0 Å². The lowest BCUT2D eigenvalue weighted by Gasteiger charge is -2.37. The monoisotopic (exact) mass is 156 g/mol. The highest BCUT2D eigenvalue weighted by Gasteiger charge is 2.28. The molecule has 1 aliphatic carbocycles. The first-order chi connectivity index (χ1) is 5.33. The molecule has 2 heteroatoms. The first-order valence-electron chi connectivity index (χ1n) is 4.72. The van der Waals surface area contributed by atoms with Crippen LogP contribution in [0.15, 0.2) is 0 Å². The highest BCUT2D eigenvalue weighted by Crippen LogP contribution is 2.29. The van der Waals surface area contributed by atoms with Crippen LogP contribution in [-0.2, 0) is 0 Å². The largest absolute Gasteiger partial charge is 0.330 e. The zero-order valence-corrected chi connectivity index (χ0v) is 7.53. The molecule has 2 nitrogen and oxygen atoms in total. The van der Waals surface area contributed by atoms with Crippen molar-refractivity contribution in [3.63, 3.8) is 0 Å². The normalized spacial score (nSPS) is 23.5. The van der Waals surface area contributed by atoms with Gasteiger partial charge in [-0.05, 0) is 32.9 Å². The van der Waals surface area contributed by atoms with Crippen molar-refractivity contribution in [3.05, 3.63) is 0 Å². The van der Waals surface area contributed by atoms with E-state index in [-0.39, 0.29) is 0 Å². The fourth-order valence-corrected chi connectivity index (χ4v) is 2.13. The molecule has 1 fully saturated rings. The fraction of sp³-hybridized carbons (Fsp3) is 1.00. The molecule has 1 saturated carbocycles. The Balaban J connectivity index is 2.42. The third-order valence-electron chi connectivity index (χ3n) is 2.96. The highest BCUT2D eigenvalue weighted by atomic mass is 14.9. The van der Waals surface area contributed by atoms with Crippen LogP contribution in [0.1, 0.15) is 38.5 Å². The van der Waals surface area contributed by atoms with E-state index in [4.69, 9.17) is 5.73 Å². The predicted molar refractivity (Wildman–Crippen MR) is 48.5 cm³/mol. The van der Waals surface area contributed by atoms with E-state index in [1.807, 2.05) is 0 Å². The lowest BCUT2D eigenvalue weighted by atomic mass is 9.79. The Kier molecular flexibility index (Phi) is 3.34. The van der Waals surface area contributed by atoms with Crippen molar-refractivity contribution in [2.45, 2.75) is 44.1 Å². The maximum absolute atomic E-state index is 5.58. The summed E-state index contributed by atoms with van der Waals surface area (Å²) < 4.78 is 0. The van der Waals surface area contributed by atoms with E-state index in [1.165, 1.54) is 32.1 Å². The summed E-state index contributed by atoms with van der Waals surface area (Å²) in [4.78, 5) is 0. The molecule has 0 atom stereocenters. The summed E-state index contributed by atoms with van der Waals surface area (Å²) in [7, 11) is 2.07. The molecule has 0 aliphatic heterocycles. The number of nitrogens with one attached hydrogen (secondary N) is 1. The van der Waals surface area contributed by atoms with Crippen LogP contribution in [0.4, 0.5) is 0 Å². The summed E-state index contributed by atoms with van der Waals surface area (Å²) >= 11 is 0. The molecule has 3 N–H and O–H groups in total. The zero-order chi connectivity index (χ0) is 8.16. The summed E-state index contributed by atoms with van der Waals surface area (Å²) in [6, 6.07) is 0. The van der Waals surface area contributed by atoms with Gasteiger partial charge in [0.25, 0.3) is 0 Å². The van der Waals surface area contributed by atoms with Crippen LogP contribution in [0.5, 0.6) is 0 Å². The van der Waals surface area contributed by atoms with Crippen LogP contribution in [0, 0.1) is 0 Å². The molecule has 11 heavy (non-hydrogen) atoms. The lowest BCUT2D eigenvalue weighted by molar-refractivity contribution is 0.233. The SMILES string of the molecule is CNC1(CCN)CCCCC1. The Hall–Kier alpha value is -0.0800. The molecule has 0 spiro atoms. The number of hydrogen-bond acceptors (Lipinski definition) is 2. The van der Waals surface area contributed by atoms with Crippen molar-refractivity contribution in [2.24, 2.45) is 5.73 Å². The van der Waals surface area contributed by atoms with E-state index in [2.05, 4.69) is 12.4 Å². The second-order valence-electron chi connectivity index (χ2n) is 3.63. The topological polar surface area (TPSA) is 38.0 Å². The van der Waals surface area contributed by atoms with Crippen molar-refractivity contribution < 1.29 is 0 Å². The quantitative estimate of drug-likeness (QED) is 0.645. The van der Waals surface area contributed by atoms with Crippen molar-refractivity contribution in [2.75, 3.05) is 13.6 Å². The Labute approximate surface area is 69.5 Å². The minimum Gasteiger partial charge on any atom is -0.330 e. The van der Waals surface area contributed by atoms with E-state index < -0.39 is 0 Å². The van der Waals surface area contributed by atoms with Gasteiger partial charge >= 0.3 is 0 Å². The minimum atomic E-state index is 0.396. The third kappa shape index (κ3) is 2.17. The second-order valence-corrected chi connectivity index (χ2v) is 3.63. The summed E-state index contributed by atoms with van der Waals surface area (Å²) in [5, 5.41) is 3.44. The third-order valence-corrected chi connectivity index (χ3v) is 2.96. The highest BCUT2D eigenvalue weighted by molar-refractivity contribution is 4.89. The molecule has 0 aromatic heterocycles. The van der Waals surface area contributed by atoms with Gasteiger partial charge in [0.2, 0.25) is 0 Å². The van der Waals surface area contributed by atoms with Crippen LogP contribution in [0.3, 0.4) is 0 Å². The number of hydrogen-bond donors (Lipinski definition) is 2. The molecular weight excluding hydrogens is 136 g/mol.